The van der Waals surface area contributed by atoms with E-state index < -0.39 is 5.60 Å². The van der Waals surface area contributed by atoms with Gasteiger partial charge in [0, 0.05) is 31.2 Å². The lowest BCUT2D eigenvalue weighted by atomic mass is 10.1. The Morgan fingerprint density at radius 3 is 2.58 bits per heavy atom. The molecule has 1 aromatic carbocycles. The molecule has 1 rings (SSSR count). The highest BCUT2D eigenvalue weighted by Gasteiger charge is 2.22. The van der Waals surface area contributed by atoms with Crippen molar-refractivity contribution in [3.05, 3.63) is 35.6 Å². The number of halogens is 1. The van der Waals surface area contributed by atoms with Crippen molar-refractivity contribution in [3.8, 4) is 0 Å². The van der Waals surface area contributed by atoms with Crippen LogP contribution in [-0.2, 0) is 6.54 Å². The summed E-state index contributed by atoms with van der Waals surface area (Å²) < 4.78 is 13.5. The van der Waals surface area contributed by atoms with Crippen LogP contribution in [0, 0.1) is 5.82 Å². The largest absolute Gasteiger partial charge is 0.388 e. The Morgan fingerprint density at radius 1 is 1.37 bits per heavy atom. The van der Waals surface area contributed by atoms with Crippen molar-refractivity contribution in [3.63, 3.8) is 0 Å². The third-order valence-electron chi connectivity index (χ3n) is 2.90. The van der Waals surface area contributed by atoms with Crippen molar-refractivity contribution in [1.29, 1.82) is 0 Å². The Balaban J connectivity index is 2.50. The van der Waals surface area contributed by atoms with Gasteiger partial charge in [-0.15, -0.1) is 0 Å². The van der Waals surface area contributed by atoms with Crippen LogP contribution >= 0.6 is 0 Å². The molecule has 4 heteroatoms. The summed E-state index contributed by atoms with van der Waals surface area (Å²) in [6, 6.07) is 7.07. The lowest BCUT2D eigenvalue weighted by Gasteiger charge is -2.30. The molecule has 0 saturated carbocycles. The Labute approximate surface area is 115 Å². The fraction of sp³-hybridized carbons (Fsp3) is 0.600. The number of aliphatic hydroxyl groups is 1. The topological polar surface area (TPSA) is 35.5 Å². The summed E-state index contributed by atoms with van der Waals surface area (Å²) in [6.07, 6.45) is 0. The average molecular weight is 268 g/mol. The van der Waals surface area contributed by atoms with Gasteiger partial charge in [-0.1, -0.05) is 32.0 Å². The Bertz CT molecular complexity index is 393. The monoisotopic (exact) mass is 268 g/mol. The summed E-state index contributed by atoms with van der Waals surface area (Å²) in [5.74, 6) is -0.200. The summed E-state index contributed by atoms with van der Waals surface area (Å²) in [5, 5.41) is 13.5. The molecule has 0 spiro atoms. The summed E-state index contributed by atoms with van der Waals surface area (Å²) in [5.41, 5.74) is -0.179. The van der Waals surface area contributed by atoms with Crippen LogP contribution in [0.1, 0.15) is 26.3 Å². The van der Waals surface area contributed by atoms with Gasteiger partial charge >= 0.3 is 0 Å². The second kappa shape index (κ2) is 6.98. The van der Waals surface area contributed by atoms with Crippen LogP contribution in [0.3, 0.4) is 0 Å². The fourth-order valence-corrected chi connectivity index (χ4v) is 2.03. The molecule has 0 radical (unpaired) electrons. The van der Waals surface area contributed by atoms with Crippen LogP contribution in [-0.4, -0.2) is 41.8 Å². The van der Waals surface area contributed by atoms with Gasteiger partial charge in [-0.3, -0.25) is 4.90 Å². The summed E-state index contributed by atoms with van der Waals surface area (Å²) in [7, 11) is 1.89. The molecule has 19 heavy (non-hydrogen) atoms. The van der Waals surface area contributed by atoms with Crippen LogP contribution in [0.15, 0.2) is 24.3 Å². The van der Waals surface area contributed by atoms with Crippen molar-refractivity contribution in [2.45, 2.75) is 39.0 Å². The van der Waals surface area contributed by atoms with Gasteiger partial charge in [0.15, 0.2) is 0 Å². The molecule has 1 atom stereocenters. The molecule has 0 aliphatic rings. The van der Waals surface area contributed by atoms with E-state index in [0.717, 1.165) is 0 Å². The Kier molecular flexibility index (Phi) is 5.91. The van der Waals surface area contributed by atoms with E-state index in [4.69, 9.17) is 0 Å². The van der Waals surface area contributed by atoms with Crippen LogP contribution in [0.2, 0.25) is 0 Å². The fourth-order valence-electron chi connectivity index (χ4n) is 2.03. The summed E-state index contributed by atoms with van der Waals surface area (Å²) in [4.78, 5) is 1.93. The first-order valence-corrected chi connectivity index (χ1v) is 6.68. The number of hydrogen-bond acceptors (Lipinski definition) is 3. The van der Waals surface area contributed by atoms with Crippen molar-refractivity contribution in [2.75, 3.05) is 20.1 Å². The molecule has 1 aromatic rings. The van der Waals surface area contributed by atoms with Crippen molar-refractivity contribution in [2.24, 2.45) is 0 Å². The van der Waals surface area contributed by atoms with Gasteiger partial charge < -0.3 is 10.4 Å². The highest BCUT2D eigenvalue weighted by atomic mass is 19.1. The van der Waals surface area contributed by atoms with Crippen molar-refractivity contribution in [1.82, 2.24) is 10.2 Å². The first kappa shape index (κ1) is 16.1. The molecule has 0 saturated heterocycles. The minimum absolute atomic E-state index is 0.200. The molecule has 108 valence electrons. The first-order valence-electron chi connectivity index (χ1n) is 6.68. The number of benzene rings is 1. The normalized spacial score (nSPS) is 14.9. The van der Waals surface area contributed by atoms with Crippen LogP contribution in [0.4, 0.5) is 4.39 Å². The predicted octanol–water partition coefficient (Wildman–Crippen LogP) is 2.01. The van der Waals surface area contributed by atoms with E-state index >= 15 is 0 Å². The second-order valence-corrected chi connectivity index (χ2v) is 5.80. The molecule has 2 N–H and O–H groups in total. The molecule has 1 unspecified atom stereocenters. The maximum atomic E-state index is 13.5. The minimum atomic E-state index is -0.829. The summed E-state index contributed by atoms with van der Waals surface area (Å²) in [6.45, 7) is 7.37. The van der Waals surface area contributed by atoms with Gasteiger partial charge in [-0.05, 0) is 20.0 Å². The lowest BCUT2D eigenvalue weighted by Crippen LogP contribution is -2.47. The number of nitrogens with zero attached hydrogens (tertiary/aromatic N) is 1. The van der Waals surface area contributed by atoms with Gasteiger partial charge in [-0.25, -0.2) is 4.39 Å². The van der Waals surface area contributed by atoms with Gasteiger partial charge in [0.25, 0.3) is 0 Å². The van der Waals surface area contributed by atoms with Gasteiger partial charge in [0.05, 0.1) is 5.60 Å². The molecule has 0 bridgehead atoms. The SMILES string of the molecule is CC(C)NCC(C)(O)CN(C)Cc1ccccc1F. The van der Waals surface area contributed by atoms with E-state index in [-0.39, 0.29) is 5.82 Å². The average Bonchev–Trinajstić information content (AvgIpc) is 2.29. The number of rotatable bonds is 7. The second-order valence-electron chi connectivity index (χ2n) is 5.80. The summed E-state index contributed by atoms with van der Waals surface area (Å²) >= 11 is 0. The molecular weight excluding hydrogens is 243 g/mol. The zero-order chi connectivity index (χ0) is 14.5. The maximum Gasteiger partial charge on any atom is 0.127 e. The number of likely N-dealkylation sites (N-methyl/N-ethyl adjacent to an activating group) is 1. The highest BCUT2D eigenvalue weighted by molar-refractivity contribution is 5.17. The highest BCUT2D eigenvalue weighted by Crippen LogP contribution is 2.11. The molecule has 3 nitrogen and oxygen atoms in total. The van der Waals surface area contributed by atoms with Crippen molar-refractivity contribution < 1.29 is 9.50 Å². The molecule has 0 heterocycles. The van der Waals surface area contributed by atoms with E-state index in [1.807, 2.05) is 31.9 Å². The molecular formula is C15H25FN2O. The van der Waals surface area contributed by atoms with Gasteiger partial charge in [0.2, 0.25) is 0 Å². The number of hydrogen-bond donors (Lipinski definition) is 2. The standard InChI is InChI=1S/C15H25FN2O/c1-12(2)17-10-15(3,19)11-18(4)9-13-7-5-6-8-14(13)16/h5-8,12,17,19H,9-11H2,1-4H3. The van der Waals surface area contributed by atoms with Crippen LogP contribution in [0.25, 0.3) is 0 Å². The van der Waals surface area contributed by atoms with Gasteiger partial charge in [-0.2, -0.15) is 0 Å². The van der Waals surface area contributed by atoms with E-state index in [1.54, 1.807) is 19.1 Å². The molecule has 0 amide bonds. The number of nitrogens with one attached hydrogen (secondary N) is 1. The lowest BCUT2D eigenvalue weighted by molar-refractivity contribution is 0.0237. The van der Waals surface area contributed by atoms with Gasteiger partial charge in [0.1, 0.15) is 5.82 Å². The third kappa shape index (κ3) is 6.14. The molecule has 0 aliphatic carbocycles. The minimum Gasteiger partial charge on any atom is -0.388 e. The van der Waals surface area contributed by atoms with E-state index in [0.29, 0.717) is 31.2 Å². The Hall–Kier alpha value is -0.970. The van der Waals surface area contributed by atoms with E-state index in [2.05, 4.69) is 5.32 Å². The molecule has 0 fully saturated rings. The smallest absolute Gasteiger partial charge is 0.127 e. The predicted molar refractivity (Wildman–Crippen MR) is 76.5 cm³/mol. The van der Waals surface area contributed by atoms with E-state index in [9.17, 15) is 9.50 Å². The third-order valence-corrected chi connectivity index (χ3v) is 2.90. The zero-order valence-electron chi connectivity index (χ0n) is 12.3. The first-order chi connectivity index (χ1) is 8.80. The van der Waals surface area contributed by atoms with Crippen LogP contribution in [0.5, 0.6) is 0 Å². The molecule has 0 aliphatic heterocycles. The Morgan fingerprint density at radius 2 is 2.00 bits per heavy atom. The van der Waals surface area contributed by atoms with E-state index in [1.165, 1.54) is 6.07 Å². The van der Waals surface area contributed by atoms with Crippen LogP contribution < -0.4 is 5.32 Å². The van der Waals surface area contributed by atoms with Crippen molar-refractivity contribution >= 4 is 0 Å². The molecule has 0 aromatic heterocycles. The zero-order valence-corrected chi connectivity index (χ0v) is 12.3. The maximum absolute atomic E-state index is 13.5. The quantitative estimate of drug-likeness (QED) is 0.794.